The lowest BCUT2D eigenvalue weighted by Gasteiger charge is -2.44. The van der Waals surface area contributed by atoms with Crippen molar-refractivity contribution in [3.8, 4) is 34.2 Å². The van der Waals surface area contributed by atoms with Gasteiger partial charge in [-0.15, -0.1) is 0 Å². The van der Waals surface area contributed by atoms with E-state index in [0.717, 1.165) is 62.8 Å². The molecule has 6 nitrogen and oxygen atoms in total. The fraction of sp³-hybridized carbons (Fsp3) is 0.0465. The molecular weight excluding hydrogens is 604 g/mol. The monoisotopic (exact) mass is 632 g/mol. The molecule has 0 fully saturated rings. The molecule has 0 N–H and O–H groups in total. The maximum Gasteiger partial charge on any atom is 0.164 e. The van der Waals surface area contributed by atoms with Gasteiger partial charge < -0.3 is 13.7 Å². The molecule has 0 saturated heterocycles. The first-order chi connectivity index (χ1) is 24.3. The second kappa shape index (κ2) is 10.8. The van der Waals surface area contributed by atoms with Crippen molar-refractivity contribution in [3.05, 3.63) is 192 Å². The summed E-state index contributed by atoms with van der Waals surface area (Å²) in [6, 6.07) is 49.9. The van der Waals surface area contributed by atoms with Crippen LogP contribution in [0.1, 0.15) is 33.8 Å². The Kier molecular flexibility index (Phi) is 6.05. The van der Waals surface area contributed by atoms with Gasteiger partial charge in [-0.2, -0.15) is 0 Å². The normalized spacial score (nSPS) is 13.8. The van der Waals surface area contributed by atoms with Crippen molar-refractivity contribution in [2.75, 3.05) is 4.90 Å². The molecule has 0 unspecified atom stereocenters. The van der Waals surface area contributed by atoms with Crippen molar-refractivity contribution in [2.45, 2.75) is 11.8 Å². The van der Waals surface area contributed by atoms with Crippen LogP contribution in [-0.4, -0.2) is 15.0 Å². The predicted molar refractivity (Wildman–Crippen MR) is 190 cm³/mol. The molecule has 10 rings (SSSR count). The molecule has 232 valence electrons. The zero-order valence-corrected chi connectivity index (χ0v) is 26.3. The third-order valence-corrected chi connectivity index (χ3v) is 9.74. The van der Waals surface area contributed by atoms with Crippen LogP contribution in [0.15, 0.2) is 167 Å². The van der Waals surface area contributed by atoms with Gasteiger partial charge >= 0.3 is 0 Å². The molecule has 4 heterocycles. The molecule has 2 aliphatic rings. The minimum Gasteiger partial charge on any atom is -0.465 e. The van der Waals surface area contributed by atoms with Gasteiger partial charge in [0.2, 0.25) is 0 Å². The summed E-state index contributed by atoms with van der Waals surface area (Å²) in [6.07, 6.45) is 4.36. The van der Waals surface area contributed by atoms with Gasteiger partial charge in [-0.1, -0.05) is 115 Å². The molecule has 1 aliphatic heterocycles. The highest BCUT2D eigenvalue weighted by molar-refractivity contribution is 5.88. The summed E-state index contributed by atoms with van der Waals surface area (Å²) in [6.45, 7) is 0. The lowest BCUT2D eigenvalue weighted by molar-refractivity contribution is 0.390. The van der Waals surface area contributed by atoms with Crippen LogP contribution >= 0.6 is 0 Å². The van der Waals surface area contributed by atoms with Crippen LogP contribution < -0.4 is 4.90 Å². The van der Waals surface area contributed by atoms with E-state index in [2.05, 4.69) is 83.8 Å². The van der Waals surface area contributed by atoms with Gasteiger partial charge in [-0.3, -0.25) is 0 Å². The number of benzene rings is 5. The topological polar surface area (TPSA) is 68.2 Å². The van der Waals surface area contributed by atoms with Crippen LogP contribution in [0.3, 0.4) is 0 Å². The van der Waals surface area contributed by atoms with Crippen LogP contribution in [0.25, 0.3) is 34.2 Å². The van der Waals surface area contributed by atoms with E-state index in [9.17, 15) is 0 Å². The van der Waals surface area contributed by atoms with Crippen molar-refractivity contribution < 1.29 is 8.83 Å². The summed E-state index contributed by atoms with van der Waals surface area (Å²) >= 11 is 0. The van der Waals surface area contributed by atoms with Crippen molar-refractivity contribution in [2.24, 2.45) is 0 Å². The SMILES string of the molecule is c1ccc(-c2nc(-c3ccccc3)nc(-c3ccc4c(c3)C3(c5ccccc5C4)c4occc4N(c4ccccc4)c4ccoc43)n2)cc1. The van der Waals surface area contributed by atoms with E-state index < -0.39 is 5.41 Å². The fourth-order valence-electron chi connectivity index (χ4n) is 7.64. The third-order valence-electron chi connectivity index (χ3n) is 9.74. The number of nitrogens with zero attached hydrogens (tertiary/aromatic N) is 4. The summed E-state index contributed by atoms with van der Waals surface area (Å²) in [5.74, 6) is 3.48. The van der Waals surface area contributed by atoms with Crippen molar-refractivity contribution in [3.63, 3.8) is 0 Å². The number of aromatic nitrogens is 3. The maximum atomic E-state index is 6.60. The van der Waals surface area contributed by atoms with E-state index in [4.69, 9.17) is 23.8 Å². The minimum absolute atomic E-state index is 0.602. The average Bonchev–Trinajstić information content (AvgIpc) is 3.87. The Balaban J connectivity index is 1.24. The Morgan fingerprint density at radius 3 is 1.59 bits per heavy atom. The molecule has 0 amide bonds. The van der Waals surface area contributed by atoms with Gasteiger partial charge in [-0.25, -0.2) is 15.0 Å². The molecule has 6 heteroatoms. The molecule has 0 atom stereocenters. The van der Waals surface area contributed by atoms with E-state index in [1.165, 1.54) is 11.1 Å². The van der Waals surface area contributed by atoms with Gasteiger partial charge in [-0.05, 0) is 46.9 Å². The van der Waals surface area contributed by atoms with Gasteiger partial charge in [0.25, 0.3) is 0 Å². The van der Waals surface area contributed by atoms with Crippen LogP contribution in [0, 0.1) is 0 Å². The van der Waals surface area contributed by atoms with E-state index in [-0.39, 0.29) is 0 Å². The molecule has 5 aromatic carbocycles. The van der Waals surface area contributed by atoms with E-state index in [1.54, 1.807) is 12.5 Å². The predicted octanol–water partition coefficient (Wildman–Crippen LogP) is 10.1. The molecule has 3 aromatic heterocycles. The Morgan fingerprint density at radius 1 is 0.469 bits per heavy atom. The zero-order valence-electron chi connectivity index (χ0n) is 26.3. The Labute approximate surface area is 283 Å². The summed E-state index contributed by atoms with van der Waals surface area (Å²) in [7, 11) is 0. The summed E-state index contributed by atoms with van der Waals surface area (Å²) in [5, 5.41) is 0. The number of furan rings is 2. The number of rotatable bonds is 4. The van der Waals surface area contributed by atoms with E-state index >= 15 is 0 Å². The van der Waals surface area contributed by atoms with E-state index in [0.29, 0.717) is 17.5 Å². The smallest absolute Gasteiger partial charge is 0.164 e. The molecule has 0 bridgehead atoms. The molecule has 1 aliphatic carbocycles. The highest BCUT2D eigenvalue weighted by atomic mass is 16.4. The Hall–Kier alpha value is -6.53. The molecule has 1 spiro atoms. The summed E-state index contributed by atoms with van der Waals surface area (Å²) in [4.78, 5) is 17.3. The van der Waals surface area contributed by atoms with Crippen LogP contribution in [-0.2, 0) is 11.8 Å². The second-order valence-corrected chi connectivity index (χ2v) is 12.4. The van der Waals surface area contributed by atoms with Crippen molar-refractivity contribution >= 4 is 17.1 Å². The first kappa shape index (κ1) is 27.6. The second-order valence-electron chi connectivity index (χ2n) is 12.4. The largest absolute Gasteiger partial charge is 0.465 e. The highest BCUT2D eigenvalue weighted by Gasteiger charge is 2.55. The number of fused-ring (bicyclic) bond motifs is 8. The van der Waals surface area contributed by atoms with Gasteiger partial charge in [0.05, 0.1) is 23.9 Å². The van der Waals surface area contributed by atoms with Crippen LogP contribution in [0.2, 0.25) is 0 Å². The van der Waals surface area contributed by atoms with Gasteiger partial charge in [0, 0.05) is 34.5 Å². The fourth-order valence-corrected chi connectivity index (χ4v) is 7.64. The minimum atomic E-state index is -0.847. The van der Waals surface area contributed by atoms with Crippen LogP contribution in [0.4, 0.5) is 17.1 Å². The first-order valence-electron chi connectivity index (χ1n) is 16.4. The molecular formula is C43H28N4O2. The lowest BCUT2D eigenvalue weighted by Crippen LogP contribution is -2.40. The van der Waals surface area contributed by atoms with Crippen LogP contribution in [0.5, 0.6) is 0 Å². The standard InChI is InChI=1S/C43H28N4O2/c1-4-12-28(13-5-1)40-44-41(29-14-6-2-7-15-29)46-42(45-40)32-21-20-31-26-30-16-10-11-19-34(30)43(35(31)27-32)38-36(22-24-48-38)47(33-17-8-3-9-18-33)37-23-25-49-39(37)43/h1-25,27H,26H2. The summed E-state index contributed by atoms with van der Waals surface area (Å²) in [5.41, 5.74) is 9.56. The van der Waals surface area contributed by atoms with E-state index in [1.807, 2.05) is 66.7 Å². The number of para-hydroxylation sites is 1. The molecule has 8 aromatic rings. The molecule has 49 heavy (non-hydrogen) atoms. The third kappa shape index (κ3) is 4.10. The number of anilines is 3. The first-order valence-corrected chi connectivity index (χ1v) is 16.4. The number of hydrogen-bond donors (Lipinski definition) is 0. The highest BCUT2D eigenvalue weighted by Crippen LogP contribution is 2.61. The van der Waals surface area contributed by atoms with Crippen molar-refractivity contribution in [1.82, 2.24) is 15.0 Å². The Bertz CT molecular complexity index is 2390. The quantitative estimate of drug-likeness (QED) is 0.192. The average molecular weight is 633 g/mol. The van der Waals surface area contributed by atoms with Gasteiger partial charge in [0.15, 0.2) is 17.5 Å². The van der Waals surface area contributed by atoms with Crippen molar-refractivity contribution in [1.29, 1.82) is 0 Å². The maximum absolute atomic E-state index is 6.60. The Morgan fingerprint density at radius 2 is 0.980 bits per heavy atom. The molecule has 0 radical (unpaired) electrons. The zero-order chi connectivity index (χ0) is 32.4. The molecule has 0 saturated carbocycles. The lowest BCUT2D eigenvalue weighted by atomic mass is 9.62. The van der Waals surface area contributed by atoms with Gasteiger partial charge in [0.1, 0.15) is 16.9 Å². The number of hydrogen-bond acceptors (Lipinski definition) is 6. The summed E-state index contributed by atoms with van der Waals surface area (Å²) < 4.78 is 13.2.